The molecule has 0 aromatic heterocycles. The van der Waals surface area contributed by atoms with Crippen LogP contribution in [-0.2, 0) is 0 Å². The van der Waals surface area contributed by atoms with Crippen LogP contribution >= 0.6 is 0 Å². The van der Waals surface area contributed by atoms with Crippen molar-refractivity contribution in [3.05, 3.63) is 12.2 Å². The molecule has 0 saturated carbocycles. The van der Waals surface area contributed by atoms with Crippen molar-refractivity contribution in [2.24, 2.45) is 5.92 Å². The van der Waals surface area contributed by atoms with Crippen LogP contribution in [0.2, 0.25) is 0 Å². The Kier molecular flexibility index (Phi) is 5.96. The quantitative estimate of drug-likeness (QED) is 0.677. The van der Waals surface area contributed by atoms with Crippen LogP contribution in [-0.4, -0.2) is 37.6 Å². The van der Waals surface area contributed by atoms with Gasteiger partial charge in [0.25, 0.3) is 0 Å². The Morgan fingerprint density at radius 2 is 2.33 bits per heavy atom. The lowest BCUT2D eigenvalue weighted by atomic mass is 9.99. The molecule has 0 aromatic carbocycles. The number of hydrogen-bond acceptors (Lipinski definition) is 2. The van der Waals surface area contributed by atoms with E-state index in [-0.39, 0.29) is 0 Å². The molecule has 1 aliphatic heterocycles. The summed E-state index contributed by atoms with van der Waals surface area (Å²) in [5.41, 5.74) is 1.30. The molecule has 88 valence electrons. The van der Waals surface area contributed by atoms with Gasteiger partial charge in [-0.25, -0.2) is 0 Å². The van der Waals surface area contributed by atoms with Gasteiger partial charge in [-0.1, -0.05) is 12.5 Å². The summed E-state index contributed by atoms with van der Waals surface area (Å²) in [5, 5.41) is 3.48. The van der Waals surface area contributed by atoms with E-state index in [1.807, 2.05) is 0 Å². The van der Waals surface area contributed by atoms with Crippen LogP contribution in [0, 0.1) is 5.92 Å². The molecule has 0 spiro atoms. The van der Waals surface area contributed by atoms with E-state index in [2.05, 4.69) is 30.6 Å². The first-order valence-electron chi connectivity index (χ1n) is 6.29. The summed E-state index contributed by atoms with van der Waals surface area (Å²) < 4.78 is 0. The molecule has 1 aliphatic rings. The largest absolute Gasteiger partial charge is 0.316 e. The molecule has 0 bridgehead atoms. The van der Waals surface area contributed by atoms with Crippen LogP contribution in [0.3, 0.4) is 0 Å². The summed E-state index contributed by atoms with van der Waals surface area (Å²) in [4.78, 5) is 2.56. The molecule has 1 unspecified atom stereocenters. The molecular weight excluding hydrogens is 184 g/mol. The first-order chi connectivity index (χ1) is 7.22. The second kappa shape index (κ2) is 7.02. The zero-order valence-corrected chi connectivity index (χ0v) is 10.4. The van der Waals surface area contributed by atoms with Crippen LogP contribution in [0.5, 0.6) is 0 Å². The molecule has 2 heteroatoms. The van der Waals surface area contributed by atoms with Crippen LogP contribution in [0.1, 0.15) is 33.1 Å². The summed E-state index contributed by atoms with van der Waals surface area (Å²) in [6, 6.07) is 0. The third kappa shape index (κ3) is 5.33. The normalized spacial score (nSPS) is 21.9. The maximum absolute atomic E-state index is 3.97. The maximum atomic E-state index is 3.97. The Bertz CT molecular complexity index is 183. The number of piperidine rings is 1. The minimum absolute atomic E-state index is 0.865. The van der Waals surface area contributed by atoms with Gasteiger partial charge < -0.3 is 10.2 Å². The van der Waals surface area contributed by atoms with E-state index >= 15 is 0 Å². The summed E-state index contributed by atoms with van der Waals surface area (Å²) in [6.07, 6.45) is 3.90. The maximum Gasteiger partial charge on any atom is 0.00218 e. The van der Waals surface area contributed by atoms with Crippen LogP contribution in [0.4, 0.5) is 0 Å². The predicted molar refractivity (Wildman–Crippen MR) is 67.1 cm³/mol. The highest BCUT2D eigenvalue weighted by Crippen LogP contribution is 2.12. The number of rotatable bonds is 6. The highest BCUT2D eigenvalue weighted by molar-refractivity contribution is 4.88. The zero-order chi connectivity index (χ0) is 11.1. The molecule has 0 amide bonds. The molecule has 1 rings (SSSR count). The number of nitrogens with one attached hydrogen (secondary N) is 1. The first-order valence-corrected chi connectivity index (χ1v) is 6.29. The second-order valence-electron chi connectivity index (χ2n) is 4.81. The molecule has 15 heavy (non-hydrogen) atoms. The van der Waals surface area contributed by atoms with E-state index in [0.717, 1.165) is 12.3 Å². The Morgan fingerprint density at radius 1 is 1.53 bits per heavy atom. The lowest BCUT2D eigenvalue weighted by Crippen LogP contribution is -2.38. The Labute approximate surface area is 94.7 Å². The van der Waals surface area contributed by atoms with Crippen molar-refractivity contribution >= 4 is 0 Å². The van der Waals surface area contributed by atoms with Crippen molar-refractivity contribution in [2.75, 3.05) is 32.7 Å². The molecular formula is C13H26N2. The van der Waals surface area contributed by atoms with Crippen LogP contribution < -0.4 is 5.32 Å². The molecule has 0 radical (unpaired) electrons. The van der Waals surface area contributed by atoms with E-state index in [1.54, 1.807) is 0 Å². The highest BCUT2D eigenvalue weighted by atomic mass is 15.1. The third-order valence-corrected chi connectivity index (χ3v) is 3.22. The van der Waals surface area contributed by atoms with E-state index in [9.17, 15) is 0 Å². The first kappa shape index (κ1) is 12.7. The molecule has 1 heterocycles. The van der Waals surface area contributed by atoms with Crippen LogP contribution in [0.25, 0.3) is 0 Å². The lowest BCUT2D eigenvalue weighted by Gasteiger charge is -2.29. The lowest BCUT2D eigenvalue weighted by molar-refractivity contribution is 0.218. The third-order valence-electron chi connectivity index (χ3n) is 3.22. The van der Waals surface area contributed by atoms with Crippen molar-refractivity contribution in [1.82, 2.24) is 10.2 Å². The van der Waals surface area contributed by atoms with Gasteiger partial charge in [0.1, 0.15) is 0 Å². The van der Waals surface area contributed by atoms with Crippen molar-refractivity contribution in [2.45, 2.75) is 33.1 Å². The Balaban J connectivity index is 2.22. The molecule has 1 N–H and O–H groups in total. The fraction of sp³-hybridized carbons (Fsp3) is 0.846. The van der Waals surface area contributed by atoms with Gasteiger partial charge in [-0.15, -0.1) is 6.58 Å². The van der Waals surface area contributed by atoms with Crippen molar-refractivity contribution in [3.8, 4) is 0 Å². The average Bonchev–Trinajstić information content (AvgIpc) is 2.25. The SMILES string of the molecule is C=C(C)CCN(CC)CC1CCCNC1. The van der Waals surface area contributed by atoms with Crippen molar-refractivity contribution < 1.29 is 0 Å². The molecule has 2 nitrogen and oxygen atoms in total. The Morgan fingerprint density at radius 3 is 2.87 bits per heavy atom. The summed E-state index contributed by atoms with van der Waals surface area (Å²) in [7, 11) is 0. The van der Waals surface area contributed by atoms with Gasteiger partial charge in [-0.2, -0.15) is 0 Å². The number of hydrogen-bond donors (Lipinski definition) is 1. The fourth-order valence-electron chi connectivity index (χ4n) is 2.17. The van der Waals surface area contributed by atoms with E-state index in [0.29, 0.717) is 0 Å². The number of nitrogens with zero attached hydrogens (tertiary/aromatic N) is 1. The molecule has 0 aromatic rings. The van der Waals surface area contributed by atoms with Crippen molar-refractivity contribution in [1.29, 1.82) is 0 Å². The van der Waals surface area contributed by atoms with Gasteiger partial charge in [0.15, 0.2) is 0 Å². The van der Waals surface area contributed by atoms with Gasteiger partial charge in [-0.05, 0) is 51.7 Å². The minimum atomic E-state index is 0.865. The summed E-state index contributed by atoms with van der Waals surface area (Å²) in [6.45, 7) is 14.4. The van der Waals surface area contributed by atoms with Crippen LogP contribution in [0.15, 0.2) is 12.2 Å². The standard InChI is InChI=1S/C13H26N2/c1-4-15(9-7-12(2)3)11-13-6-5-8-14-10-13/h13-14H,2,4-11H2,1,3H3. The van der Waals surface area contributed by atoms with Gasteiger partial charge in [0, 0.05) is 13.1 Å². The van der Waals surface area contributed by atoms with Gasteiger partial charge in [-0.3, -0.25) is 0 Å². The average molecular weight is 210 g/mol. The van der Waals surface area contributed by atoms with E-state index in [1.165, 1.54) is 51.1 Å². The van der Waals surface area contributed by atoms with E-state index in [4.69, 9.17) is 0 Å². The molecule has 1 atom stereocenters. The smallest absolute Gasteiger partial charge is 0.00218 e. The van der Waals surface area contributed by atoms with Gasteiger partial charge >= 0.3 is 0 Å². The summed E-state index contributed by atoms with van der Waals surface area (Å²) in [5.74, 6) is 0.865. The topological polar surface area (TPSA) is 15.3 Å². The molecule has 1 fully saturated rings. The second-order valence-corrected chi connectivity index (χ2v) is 4.81. The Hall–Kier alpha value is -0.340. The fourth-order valence-corrected chi connectivity index (χ4v) is 2.17. The zero-order valence-electron chi connectivity index (χ0n) is 10.4. The molecule has 1 saturated heterocycles. The minimum Gasteiger partial charge on any atom is -0.316 e. The van der Waals surface area contributed by atoms with E-state index < -0.39 is 0 Å². The monoisotopic (exact) mass is 210 g/mol. The van der Waals surface area contributed by atoms with Gasteiger partial charge in [0.2, 0.25) is 0 Å². The highest BCUT2D eigenvalue weighted by Gasteiger charge is 2.15. The van der Waals surface area contributed by atoms with Gasteiger partial charge in [0.05, 0.1) is 0 Å². The molecule has 0 aliphatic carbocycles. The summed E-state index contributed by atoms with van der Waals surface area (Å²) >= 11 is 0. The van der Waals surface area contributed by atoms with Crippen molar-refractivity contribution in [3.63, 3.8) is 0 Å². The predicted octanol–water partition coefficient (Wildman–Crippen LogP) is 2.27.